The molecule has 2 heterocycles. The normalized spacial score (nSPS) is 20.1. The summed E-state index contributed by atoms with van der Waals surface area (Å²) >= 11 is 0. The average molecular weight is 286 g/mol. The van der Waals surface area contributed by atoms with Crippen molar-refractivity contribution in [3.8, 4) is 0 Å². The van der Waals surface area contributed by atoms with Gasteiger partial charge >= 0.3 is 0 Å². The average Bonchev–Trinajstić information content (AvgIpc) is 3.14. The second kappa shape index (κ2) is 5.82. The summed E-state index contributed by atoms with van der Waals surface area (Å²) in [5.74, 6) is 0. The zero-order valence-electron chi connectivity index (χ0n) is 13.1. The van der Waals surface area contributed by atoms with Gasteiger partial charge in [-0.25, -0.2) is 0 Å². The topological polar surface area (TPSA) is 42.4 Å². The molecule has 114 valence electrons. The highest BCUT2D eigenvalue weighted by Crippen LogP contribution is 2.41. The predicted molar refractivity (Wildman–Crippen MR) is 87.2 cm³/mol. The molecule has 3 rings (SSSR count). The molecule has 1 atom stereocenters. The first-order chi connectivity index (χ1) is 10.2. The summed E-state index contributed by atoms with van der Waals surface area (Å²) in [7, 11) is 0. The predicted octanol–water partition coefficient (Wildman–Crippen LogP) is 3.94. The van der Waals surface area contributed by atoms with Gasteiger partial charge in [0.2, 0.25) is 0 Å². The van der Waals surface area contributed by atoms with Crippen LogP contribution in [0.3, 0.4) is 0 Å². The quantitative estimate of drug-likeness (QED) is 0.905. The van der Waals surface area contributed by atoms with Crippen LogP contribution in [0.5, 0.6) is 0 Å². The second-order valence-corrected chi connectivity index (χ2v) is 6.37. The lowest BCUT2D eigenvalue weighted by molar-refractivity contribution is 0.198. The molecule has 1 aliphatic rings. The molecule has 0 bridgehead atoms. The Hall–Kier alpha value is -1.32. The standard InChI is InChI=1S/C18H26N2O/c1-3-18(4-2)9-10-20(13-18)16(11-19)15-12-21-17-8-6-5-7-14(15)17/h5-8,12,16H,3-4,9-11,13,19H2,1-2H3. The van der Waals surface area contributed by atoms with Crippen molar-refractivity contribution in [3.63, 3.8) is 0 Å². The van der Waals surface area contributed by atoms with E-state index in [-0.39, 0.29) is 6.04 Å². The van der Waals surface area contributed by atoms with E-state index in [9.17, 15) is 0 Å². The maximum absolute atomic E-state index is 6.12. The second-order valence-electron chi connectivity index (χ2n) is 6.37. The number of benzene rings is 1. The van der Waals surface area contributed by atoms with Gasteiger partial charge in [-0.15, -0.1) is 0 Å². The van der Waals surface area contributed by atoms with Gasteiger partial charge in [0.05, 0.1) is 12.3 Å². The van der Waals surface area contributed by atoms with Gasteiger partial charge in [0.1, 0.15) is 5.58 Å². The van der Waals surface area contributed by atoms with Gasteiger partial charge in [0, 0.05) is 24.0 Å². The number of nitrogens with two attached hydrogens (primary N) is 1. The van der Waals surface area contributed by atoms with Crippen LogP contribution in [0.1, 0.15) is 44.7 Å². The van der Waals surface area contributed by atoms with Crippen molar-refractivity contribution >= 4 is 11.0 Å². The van der Waals surface area contributed by atoms with Gasteiger partial charge in [-0.3, -0.25) is 4.90 Å². The highest BCUT2D eigenvalue weighted by atomic mass is 16.3. The fourth-order valence-corrected chi connectivity index (χ4v) is 3.79. The molecule has 0 radical (unpaired) electrons. The molecular weight excluding hydrogens is 260 g/mol. The van der Waals surface area contributed by atoms with Crippen LogP contribution in [0.2, 0.25) is 0 Å². The minimum atomic E-state index is 0.272. The Morgan fingerprint density at radius 3 is 2.71 bits per heavy atom. The highest BCUT2D eigenvalue weighted by molar-refractivity contribution is 5.81. The highest BCUT2D eigenvalue weighted by Gasteiger charge is 2.38. The zero-order valence-corrected chi connectivity index (χ0v) is 13.1. The summed E-state index contributed by atoms with van der Waals surface area (Å²) in [5, 5.41) is 1.21. The SMILES string of the molecule is CCC1(CC)CCN(C(CN)c2coc3ccccc23)C1. The molecule has 1 aliphatic heterocycles. The molecule has 0 aliphatic carbocycles. The number of fused-ring (bicyclic) bond motifs is 1. The van der Waals surface area contributed by atoms with Crippen LogP contribution in [-0.2, 0) is 0 Å². The first-order valence-corrected chi connectivity index (χ1v) is 8.13. The Morgan fingerprint density at radius 1 is 1.29 bits per heavy atom. The van der Waals surface area contributed by atoms with Gasteiger partial charge in [-0.1, -0.05) is 32.0 Å². The minimum absolute atomic E-state index is 0.272. The Kier molecular flexibility index (Phi) is 4.05. The lowest BCUT2D eigenvalue weighted by atomic mass is 9.82. The molecule has 2 N–H and O–H groups in total. The van der Waals surface area contributed by atoms with Crippen LogP contribution in [0.15, 0.2) is 34.9 Å². The van der Waals surface area contributed by atoms with Gasteiger partial charge in [0.25, 0.3) is 0 Å². The number of furan rings is 1. The van der Waals surface area contributed by atoms with E-state index in [0.717, 1.165) is 18.7 Å². The largest absolute Gasteiger partial charge is 0.464 e. The van der Waals surface area contributed by atoms with Crippen LogP contribution >= 0.6 is 0 Å². The number of hydrogen-bond donors (Lipinski definition) is 1. The molecule has 1 unspecified atom stereocenters. The number of rotatable bonds is 5. The zero-order chi connectivity index (χ0) is 14.9. The molecule has 2 aromatic rings. The van der Waals surface area contributed by atoms with Gasteiger partial charge in [0.15, 0.2) is 0 Å². The van der Waals surface area contributed by atoms with Crippen LogP contribution in [0.25, 0.3) is 11.0 Å². The van der Waals surface area contributed by atoms with Crippen LogP contribution in [0.4, 0.5) is 0 Å². The van der Waals surface area contributed by atoms with Crippen molar-refractivity contribution in [3.05, 3.63) is 36.1 Å². The summed E-state index contributed by atoms with van der Waals surface area (Å²) in [4.78, 5) is 2.56. The Balaban J connectivity index is 1.89. The van der Waals surface area contributed by atoms with E-state index in [4.69, 9.17) is 10.2 Å². The Morgan fingerprint density at radius 2 is 2.05 bits per heavy atom. The van der Waals surface area contributed by atoms with E-state index < -0.39 is 0 Å². The maximum atomic E-state index is 6.12. The number of para-hydroxylation sites is 1. The first-order valence-electron chi connectivity index (χ1n) is 8.13. The van der Waals surface area contributed by atoms with E-state index in [0.29, 0.717) is 12.0 Å². The van der Waals surface area contributed by atoms with E-state index in [1.807, 2.05) is 18.4 Å². The molecule has 21 heavy (non-hydrogen) atoms. The molecule has 0 spiro atoms. The number of likely N-dealkylation sites (tertiary alicyclic amines) is 1. The Bertz CT molecular complexity index is 600. The van der Waals surface area contributed by atoms with Crippen molar-refractivity contribution in [2.75, 3.05) is 19.6 Å². The first kappa shape index (κ1) is 14.6. The number of hydrogen-bond acceptors (Lipinski definition) is 3. The summed E-state index contributed by atoms with van der Waals surface area (Å²) in [6, 6.07) is 8.52. The lowest BCUT2D eigenvalue weighted by Gasteiger charge is -2.30. The fraction of sp³-hybridized carbons (Fsp3) is 0.556. The molecule has 1 fully saturated rings. The smallest absolute Gasteiger partial charge is 0.134 e. The van der Waals surface area contributed by atoms with Crippen molar-refractivity contribution < 1.29 is 4.42 Å². The molecule has 1 saturated heterocycles. The van der Waals surface area contributed by atoms with Gasteiger partial charge < -0.3 is 10.2 Å². The van der Waals surface area contributed by atoms with Crippen molar-refractivity contribution in [1.29, 1.82) is 0 Å². The van der Waals surface area contributed by atoms with Crippen molar-refractivity contribution in [2.45, 2.75) is 39.2 Å². The van der Waals surface area contributed by atoms with Crippen LogP contribution in [0, 0.1) is 5.41 Å². The third kappa shape index (κ3) is 2.49. The van der Waals surface area contributed by atoms with E-state index in [1.165, 1.54) is 30.2 Å². The molecule has 0 amide bonds. The molecule has 0 saturated carbocycles. The lowest BCUT2D eigenvalue weighted by Crippen LogP contribution is -2.34. The monoisotopic (exact) mass is 286 g/mol. The van der Waals surface area contributed by atoms with Crippen molar-refractivity contribution in [1.82, 2.24) is 4.90 Å². The molecule has 3 heteroatoms. The molecular formula is C18H26N2O. The summed E-state index contributed by atoms with van der Waals surface area (Å²) in [6.07, 6.45) is 5.69. The van der Waals surface area contributed by atoms with Crippen LogP contribution < -0.4 is 5.73 Å². The van der Waals surface area contributed by atoms with E-state index in [1.54, 1.807) is 0 Å². The number of nitrogens with zero attached hydrogens (tertiary/aromatic N) is 1. The molecule has 1 aromatic carbocycles. The third-order valence-electron chi connectivity index (χ3n) is 5.50. The molecule has 3 nitrogen and oxygen atoms in total. The van der Waals surface area contributed by atoms with Gasteiger partial charge in [-0.05, 0) is 37.3 Å². The van der Waals surface area contributed by atoms with Gasteiger partial charge in [-0.2, -0.15) is 0 Å². The van der Waals surface area contributed by atoms with E-state index >= 15 is 0 Å². The molecule has 1 aromatic heterocycles. The third-order valence-corrected chi connectivity index (χ3v) is 5.50. The summed E-state index contributed by atoms with van der Waals surface area (Å²) in [6.45, 7) is 7.58. The Labute approximate surface area is 127 Å². The summed E-state index contributed by atoms with van der Waals surface area (Å²) < 4.78 is 5.71. The van der Waals surface area contributed by atoms with Crippen molar-refractivity contribution in [2.24, 2.45) is 11.1 Å². The van der Waals surface area contributed by atoms with E-state index in [2.05, 4.69) is 30.9 Å². The summed E-state index contributed by atoms with van der Waals surface area (Å²) in [5.41, 5.74) is 8.81. The van der Waals surface area contributed by atoms with Crippen LogP contribution in [-0.4, -0.2) is 24.5 Å². The minimum Gasteiger partial charge on any atom is -0.464 e. The maximum Gasteiger partial charge on any atom is 0.134 e. The fourth-order valence-electron chi connectivity index (χ4n) is 3.79.